The van der Waals surface area contributed by atoms with Gasteiger partial charge in [-0.15, -0.1) is 11.3 Å². The number of benzene rings is 3. The van der Waals surface area contributed by atoms with E-state index in [9.17, 15) is 0 Å². The Labute approximate surface area is 280 Å². The van der Waals surface area contributed by atoms with Crippen molar-refractivity contribution in [3.8, 4) is 33.4 Å². The Kier molecular flexibility index (Phi) is 12.7. The Morgan fingerprint density at radius 2 is 1.13 bits per heavy atom. The molecular formula is C40H51NO4S. The molecule has 0 saturated heterocycles. The minimum atomic E-state index is 0.581. The van der Waals surface area contributed by atoms with Crippen LogP contribution >= 0.6 is 11.3 Å². The molecule has 2 heterocycles. The highest BCUT2D eigenvalue weighted by molar-refractivity contribution is 7.14. The summed E-state index contributed by atoms with van der Waals surface area (Å²) in [6.45, 7) is 11.7. The zero-order valence-electron chi connectivity index (χ0n) is 28.1. The van der Waals surface area contributed by atoms with Crippen molar-refractivity contribution in [2.24, 2.45) is 11.8 Å². The molecule has 3 aromatic carbocycles. The second-order valence-corrected chi connectivity index (χ2v) is 13.2. The predicted molar refractivity (Wildman–Crippen MR) is 193 cm³/mol. The van der Waals surface area contributed by atoms with Gasteiger partial charge in [0.05, 0.1) is 18.1 Å². The van der Waals surface area contributed by atoms with E-state index in [2.05, 4.69) is 105 Å². The minimum Gasteiger partial charge on any atom is -0.493 e. The van der Waals surface area contributed by atoms with Gasteiger partial charge in [0.2, 0.25) is 0 Å². The summed E-state index contributed by atoms with van der Waals surface area (Å²) in [7, 11) is 0. The predicted octanol–water partition coefficient (Wildman–Crippen LogP) is 11.8. The zero-order chi connectivity index (χ0) is 32.1. The normalized spacial score (nSPS) is 13.7. The van der Waals surface area contributed by atoms with Gasteiger partial charge in [-0.05, 0) is 90.9 Å². The molecule has 46 heavy (non-hydrogen) atoms. The Morgan fingerprint density at radius 1 is 0.652 bits per heavy atom. The fraction of sp³-hybridized carbons (Fsp3) is 0.450. The quantitative estimate of drug-likeness (QED) is 0.108. The molecule has 1 aliphatic rings. The van der Waals surface area contributed by atoms with Gasteiger partial charge in [0.25, 0.3) is 0 Å². The van der Waals surface area contributed by atoms with Gasteiger partial charge < -0.3 is 23.8 Å². The van der Waals surface area contributed by atoms with Crippen LogP contribution in [0.15, 0.2) is 78.2 Å². The van der Waals surface area contributed by atoms with Gasteiger partial charge in [-0.3, -0.25) is 0 Å². The Balaban J connectivity index is 1.37. The number of thiophene rings is 1. The maximum absolute atomic E-state index is 6.24. The standard InChI is InChI=1S/C40H51NO4S/c1-5-9-11-30(7-3)27-44-36-21-17-34(18-22-36)41(35-19-23-37(24-20-35)45-28-31(8-4)12-10-6-2)33-15-13-32(14-16-33)40-39-38(29-46-40)42-25-26-43-39/h13-24,29-31H,5-12,25-28H2,1-4H3. The molecule has 0 aliphatic carbocycles. The van der Waals surface area contributed by atoms with E-state index < -0.39 is 0 Å². The van der Waals surface area contributed by atoms with E-state index in [1.54, 1.807) is 11.3 Å². The van der Waals surface area contributed by atoms with E-state index in [1.165, 1.54) is 38.5 Å². The van der Waals surface area contributed by atoms with E-state index in [-0.39, 0.29) is 0 Å². The molecule has 2 atom stereocenters. The van der Waals surface area contributed by atoms with Crippen LogP contribution in [-0.4, -0.2) is 26.4 Å². The maximum Gasteiger partial charge on any atom is 0.179 e. The van der Waals surface area contributed by atoms with E-state index in [4.69, 9.17) is 18.9 Å². The molecule has 6 heteroatoms. The summed E-state index contributed by atoms with van der Waals surface area (Å²) < 4.78 is 24.2. The van der Waals surface area contributed by atoms with Crippen molar-refractivity contribution in [2.75, 3.05) is 31.3 Å². The van der Waals surface area contributed by atoms with E-state index in [1.807, 2.05) is 5.38 Å². The van der Waals surface area contributed by atoms with E-state index >= 15 is 0 Å². The molecule has 4 aromatic rings. The number of unbranched alkanes of at least 4 members (excludes halogenated alkanes) is 2. The second-order valence-electron chi connectivity index (χ2n) is 12.3. The van der Waals surface area contributed by atoms with E-state index in [0.29, 0.717) is 25.0 Å². The molecule has 0 spiro atoms. The molecule has 246 valence electrons. The molecule has 0 N–H and O–H groups in total. The molecule has 5 nitrogen and oxygen atoms in total. The third-order valence-corrected chi connectivity index (χ3v) is 9.93. The van der Waals surface area contributed by atoms with Crippen molar-refractivity contribution in [3.05, 3.63) is 78.2 Å². The van der Waals surface area contributed by atoms with Crippen molar-refractivity contribution < 1.29 is 18.9 Å². The molecule has 1 aromatic heterocycles. The van der Waals surface area contributed by atoms with E-state index in [0.717, 1.165) is 76.6 Å². The van der Waals surface area contributed by atoms with Crippen molar-refractivity contribution >= 4 is 28.4 Å². The molecule has 0 amide bonds. The zero-order valence-corrected chi connectivity index (χ0v) is 29.0. The van der Waals surface area contributed by atoms with Crippen LogP contribution in [-0.2, 0) is 0 Å². The first kappa shape index (κ1) is 33.7. The lowest BCUT2D eigenvalue weighted by atomic mass is 10.0. The van der Waals surface area contributed by atoms with Crippen LogP contribution < -0.4 is 23.8 Å². The minimum absolute atomic E-state index is 0.581. The Hall–Kier alpha value is -3.64. The highest BCUT2D eigenvalue weighted by Crippen LogP contribution is 2.46. The summed E-state index contributed by atoms with van der Waals surface area (Å²) in [5.74, 6) is 4.72. The van der Waals surface area contributed by atoms with Gasteiger partial charge in [-0.1, -0.05) is 78.4 Å². The van der Waals surface area contributed by atoms with Crippen LogP contribution in [0.25, 0.3) is 10.4 Å². The first-order valence-electron chi connectivity index (χ1n) is 17.4. The number of rotatable bonds is 18. The monoisotopic (exact) mass is 641 g/mol. The molecule has 0 radical (unpaired) electrons. The molecule has 1 aliphatic heterocycles. The second kappa shape index (κ2) is 17.3. The number of nitrogens with zero attached hydrogens (tertiary/aromatic N) is 1. The van der Waals surface area contributed by atoms with Gasteiger partial charge >= 0.3 is 0 Å². The number of hydrogen-bond donors (Lipinski definition) is 0. The molecule has 0 bridgehead atoms. The summed E-state index contributed by atoms with van der Waals surface area (Å²) >= 11 is 1.66. The third-order valence-electron chi connectivity index (χ3n) is 8.94. The fourth-order valence-corrected chi connectivity index (χ4v) is 6.82. The third kappa shape index (κ3) is 8.79. The topological polar surface area (TPSA) is 40.2 Å². The Morgan fingerprint density at radius 3 is 1.61 bits per heavy atom. The van der Waals surface area contributed by atoms with Crippen LogP contribution in [0, 0.1) is 11.8 Å². The van der Waals surface area contributed by atoms with Crippen LogP contribution in [0.2, 0.25) is 0 Å². The van der Waals surface area contributed by atoms with Crippen LogP contribution in [0.3, 0.4) is 0 Å². The van der Waals surface area contributed by atoms with Gasteiger partial charge in [-0.25, -0.2) is 0 Å². The number of hydrogen-bond acceptors (Lipinski definition) is 6. The van der Waals surface area contributed by atoms with Crippen LogP contribution in [0.1, 0.15) is 79.1 Å². The largest absolute Gasteiger partial charge is 0.493 e. The molecule has 2 unspecified atom stereocenters. The smallest absolute Gasteiger partial charge is 0.179 e. The lowest BCUT2D eigenvalue weighted by molar-refractivity contribution is 0.174. The molecule has 0 saturated carbocycles. The fourth-order valence-electron chi connectivity index (χ4n) is 5.88. The number of fused-ring (bicyclic) bond motifs is 1. The van der Waals surface area contributed by atoms with Crippen molar-refractivity contribution in [1.29, 1.82) is 0 Å². The van der Waals surface area contributed by atoms with Gasteiger partial charge in [0, 0.05) is 22.4 Å². The van der Waals surface area contributed by atoms with Crippen LogP contribution in [0.4, 0.5) is 17.1 Å². The summed E-state index contributed by atoms with van der Waals surface area (Å²) in [6.07, 6.45) is 9.70. The van der Waals surface area contributed by atoms with Gasteiger partial charge in [-0.2, -0.15) is 0 Å². The van der Waals surface area contributed by atoms with Crippen molar-refractivity contribution in [2.45, 2.75) is 79.1 Å². The maximum atomic E-state index is 6.24. The average molecular weight is 642 g/mol. The number of anilines is 3. The van der Waals surface area contributed by atoms with Crippen molar-refractivity contribution in [1.82, 2.24) is 0 Å². The SMILES string of the molecule is CCCCC(CC)COc1ccc(N(c2ccc(OCC(CC)CCCC)cc2)c2ccc(-c3scc4c3OCCO4)cc2)cc1. The average Bonchev–Trinajstić information content (AvgIpc) is 3.54. The summed E-state index contributed by atoms with van der Waals surface area (Å²) in [5.41, 5.74) is 4.34. The lowest BCUT2D eigenvalue weighted by Gasteiger charge is -2.26. The highest BCUT2D eigenvalue weighted by atomic mass is 32.1. The lowest BCUT2D eigenvalue weighted by Crippen LogP contribution is -2.14. The first-order chi connectivity index (χ1) is 22.6. The van der Waals surface area contributed by atoms with Gasteiger partial charge in [0.1, 0.15) is 24.7 Å². The Bertz CT molecular complexity index is 1380. The highest BCUT2D eigenvalue weighted by Gasteiger charge is 2.21. The van der Waals surface area contributed by atoms with Crippen molar-refractivity contribution in [3.63, 3.8) is 0 Å². The molecule has 5 rings (SSSR count). The van der Waals surface area contributed by atoms with Crippen LogP contribution in [0.5, 0.6) is 23.0 Å². The molecular weight excluding hydrogens is 591 g/mol. The summed E-state index contributed by atoms with van der Waals surface area (Å²) in [6, 6.07) is 25.7. The number of ether oxygens (including phenoxy) is 4. The molecule has 0 fully saturated rings. The van der Waals surface area contributed by atoms with Gasteiger partial charge in [0.15, 0.2) is 11.5 Å². The summed E-state index contributed by atoms with van der Waals surface area (Å²) in [5, 5.41) is 2.04. The summed E-state index contributed by atoms with van der Waals surface area (Å²) in [4.78, 5) is 3.39. The first-order valence-corrected chi connectivity index (χ1v) is 18.2.